The van der Waals surface area contributed by atoms with Gasteiger partial charge in [0.2, 0.25) is 12.2 Å². The molecule has 0 N–H and O–H groups in total. The van der Waals surface area contributed by atoms with Gasteiger partial charge >= 0.3 is 0 Å². The van der Waals surface area contributed by atoms with Crippen molar-refractivity contribution >= 4 is 11.0 Å². The molecule has 0 spiro atoms. The SMILES string of the molecule is CCCc1cc2c(=O)c(-c3ccc4c(c3)OCO4)c(CCC)oc2cc1OC(C)C. The molecule has 0 radical (unpaired) electrons. The van der Waals surface area contributed by atoms with Crippen LogP contribution in [0.3, 0.4) is 0 Å². The van der Waals surface area contributed by atoms with Crippen molar-refractivity contribution in [3.8, 4) is 28.4 Å². The summed E-state index contributed by atoms with van der Waals surface area (Å²) in [5.74, 6) is 2.83. The van der Waals surface area contributed by atoms with Gasteiger partial charge in [0.1, 0.15) is 17.1 Å². The van der Waals surface area contributed by atoms with E-state index in [-0.39, 0.29) is 18.3 Å². The zero-order valence-corrected chi connectivity index (χ0v) is 18.0. The Bertz CT molecular complexity index is 1130. The summed E-state index contributed by atoms with van der Waals surface area (Å²) in [7, 11) is 0. The van der Waals surface area contributed by atoms with E-state index in [4.69, 9.17) is 18.6 Å². The minimum absolute atomic E-state index is 0.0213. The molecular weight excluding hydrogens is 380 g/mol. The highest BCUT2D eigenvalue weighted by Gasteiger charge is 2.21. The summed E-state index contributed by atoms with van der Waals surface area (Å²) in [5.41, 5.74) is 2.97. The third-order valence-electron chi connectivity index (χ3n) is 5.17. The standard InChI is InChI=1S/C25H28O5/c1-5-7-16-11-18-22(13-21(16)29-15(3)4)30-20(8-6-2)24(25(18)26)17-9-10-19-23(12-17)28-14-27-19/h9-13,15H,5-8,14H2,1-4H3. The maximum Gasteiger partial charge on any atom is 0.231 e. The second-order valence-corrected chi connectivity index (χ2v) is 7.92. The van der Waals surface area contributed by atoms with Gasteiger partial charge in [-0.3, -0.25) is 4.79 Å². The molecular formula is C25H28O5. The maximum atomic E-state index is 13.6. The van der Waals surface area contributed by atoms with Gasteiger partial charge in [0.15, 0.2) is 11.5 Å². The van der Waals surface area contributed by atoms with Crippen molar-refractivity contribution < 1.29 is 18.6 Å². The molecule has 0 amide bonds. The normalized spacial score (nSPS) is 12.7. The molecule has 1 aromatic heterocycles. The number of hydrogen-bond acceptors (Lipinski definition) is 5. The fourth-order valence-electron chi connectivity index (χ4n) is 3.89. The minimum atomic E-state index is -0.0213. The molecule has 0 atom stereocenters. The summed E-state index contributed by atoms with van der Waals surface area (Å²) in [5, 5.41) is 0.585. The lowest BCUT2D eigenvalue weighted by molar-refractivity contribution is 0.174. The van der Waals surface area contributed by atoms with Crippen LogP contribution in [-0.4, -0.2) is 12.9 Å². The van der Waals surface area contributed by atoms with E-state index in [9.17, 15) is 4.79 Å². The summed E-state index contributed by atoms with van der Waals surface area (Å²) in [4.78, 5) is 13.6. The minimum Gasteiger partial charge on any atom is -0.491 e. The lowest BCUT2D eigenvalue weighted by Crippen LogP contribution is -2.12. The zero-order valence-electron chi connectivity index (χ0n) is 18.0. The summed E-state index contributed by atoms with van der Waals surface area (Å²) in [6.45, 7) is 8.40. The van der Waals surface area contributed by atoms with E-state index in [1.165, 1.54) is 0 Å². The van der Waals surface area contributed by atoms with E-state index >= 15 is 0 Å². The highest BCUT2D eigenvalue weighted by molar-refractivity contribution is 5.85. The van der Waals surface area contributed by atoms with Crippen LogP contribution in [0.15, 0.2) is 39.5 Å². The second-order valence-electron chi connectivity index (χ2n) is 7.92. The van der Waals surface area contributed by atoms with Crippen LogP contribution in [0.2, 0.25) is 0 Å². The van der Waals surface area contributed by atoms with Crippen LogP contribution in [-0.2, 0) is 12.8 Å². The number of rotatable bonds is 7. The van der Waals surface area contributed by atoms with E-state index in [2.05, 4.69) is 13.8 Å². The van der Waals surface area contributed by atoms with Crippen LogP contribution in [0.5, 0.6) is 17.2 Å². The second kappa shape index (κ2) is 8.42. The van der Waals surface area contributed by atoms with Crippen LogP contribution >= 0.6 is 0 Å². The van der Waals surface area contributed by atoms with Crippen molar-refractivity contribution in [2.24, 2.45) is 0 Å². The molecule has 0 fully saturated rings. The molecule has 0 saturated carbocycles. The summed E-state index contributed by atoms with van der Waals surface area (Å²) >= 11 is 0. The number of benzene rings is 2. The van der Waals surface area contributed by atoms with E-state index in [1.807, 2.05) is 44.2 Å². The highest BCUT2D eigenvalue weighted by atomic mass is 16.7. The topological polar surface area (TPSA) is 57.9 Å². The largest absolute Gasteiger partial charge is 0.491 e. The van der Waals surface area contributed by atoms with Crippen molar-refractivity contribution in [1.29, 1.82) is 0 Å². The molecule has 158 valence electrons. The Labute approximate surface area is 176 Å². The Balaban J connectivity index is 1.94. The first-order valence-electron chi connectivity index (χ1n) is 10.7. The van der Waals surface area contributed by atoms with Gasteiger partial charge in [-0.2, -0.15) is 0 Å². The van der Waals surface area contributed by atoms with Crippen molar-refractivity contribution in [2.75, 3.05) is 6.79 Å². The van der Waals surface area contributed by atoms with E-state index in [1.54, 1.807) is 0 Å². The third kappa shape index (κ3) is 3.76. The molecule has 3 aromatic rings. The third-order valence-corrected chi connectivity index (χ3v) is 5.17. The molecule has 5 nitrogen and oxygen atoms in total. The molecule has 0 saturated heterocycles. The summed E-state index contributed by atoms with van der Waals surface area (Å²) < 4.78 is 23.2. The molecule has 1 aliphatic heterocycles. The van der Waals surface area contributed by atoms with Gasteiger partial charge in [-0.15, -0.1) is 0 Å². The predicted molar refractivity (Wildman–Crippen MR) is 118 cm³/mol. The zero-order chi connectivity index (χ0) is 21.3. The van der Waals surface area contributed by atoms with Crippen LogP contribution < -0.4 is 19.6 Å². The van der Waals surface area contributed by atoms with E-state index < -0.39 is 0 Å². The molecule has 2 heterocycles. The highest BCUT2D eigenvalue weighted by Crippen LogP contribution is 2.37. The number of hydrogen-bond donors (Lipinski definition) is 0. The molecule has 0 bridgehead atoms. The molecule has 1 aliphatic rings. The van der Waals surface area contributed by atoms with Crippen molar-refractivity contribution in [1.82, 2.24) is 0 Å². The molecule has 5 heteroatoms. The Kier molecular flexibility index (Phi) is 5.71. The predicted octanol–water partition coefficient (Wildman–Crippen LogP) is 5.88. The van der Waals surface area contributed by atoms with Crippen molar-refractivity contribution in [2.45, 2.75) is 59.5 Å². The van der Waals surface area contributed by atoms with Gasteiger partial charge in [-0.25, -0.2) is 0 Å². The van der Waals surface area contributed by atoms with Crippen LogP contribution in [0.4, 0.5) is 0 Å². The first-order valence-corrected chi connectivity index (χ1v) is 10.7. The lowest BCUT2D eigenvalue weighted by Gasteiger charge is -2.16. The average molecular weight is 408 g/mol. The first-order chi connectivity index (χ1) is 14.5. The maximum absolute atomic E-state index is 13.6. The van der Waals surface area contributed by atoms with Gasteiger partial charge in [-0.1, -0.05) is 26.3 Å². The van der Waals surface area contributed by atoms with Gasteiger partial charge in [0, 0.05) is 12.5 Å². The number of aryl methyl sites for hydroxylation is 2. The van der Waals surface area contributed by atoms with Crippen LogP contribution in [0.25, 0.3) is 22.1 Å². The van der Waals surface area contributed by atoms with E-state index in [0.717, 1.165) is 36.1 Å². The van der Waals surface area contributed by atoms with Crippen LogP contribution in [0, 0.1) is 0 Å². The number of ether oxygens (including phenoxy) is 3. The lowest BCUT2D eigenvalue weighted by atomic mass is 9.98. The quantitative estimate of drug-likeness (QED) is 0.488. The van der Waals surface area contributed by atoms with Gasteiger partial charge in [0.05, 0.1) is 17.1 Å². The molecule has 0 aliphatic carbocycles. The van der Waals surface area contributed by atoms with E-state index in [0.29, 0.717) is 40.2 Å². The van der Waals surface area contributed by atoms with Crippen molar-refractivity contribution in [3.05, 3.63) is 51.9 Å². The Morgan fingerprint density at radius 1 is 1.00 bits per heavy atom. The Morgan fingerprint density at radius 2 is 1.77 bits per heavy atom. The number of fused-ring (bicyclic) bond motifs is 2. The smallest absolute Gasteiger partial charge is 0.231 e. The molecule has 4 rings (SSSR count). The van der Waals surface area contributed by atoms with Crippen LogP contribution in [0.1, 0.15) is 51.9 Å². The monoisotopic (exact) mass is 408 g/mol. The fraction of sp³-hybridized carbons (Fsp3) is 0.400. The molecule has 30 heavy (non-hydrogen) atoms. The van der Waals surface area contributed by atoms with Gasteiger partial charge in [-0.05, 0) is 56.0 Å². The van der Waals surface area contributed by atoms with Gasteiger partial charge < -0.3 is 18.6 Å². The van der Waals surface area contributed by atoms with Crippen molar-refractivity contribution in [3.63, 3.8) is 0 Å². The Hall–Kier alpha value is -2.95. The summed E-state index contributed by atoms with van der Waals surface area (Å²) in [6, 6.07) is 9.43. The molecule has 0 unspecified atom stereocenters. The average Bonchev–Trinajstić information content (AvgIpc) is 3.17. The summed E-state index contributed by atoms with van der Waals surface area (Å²) in [6.07, 6.45) is 3.40. The Morgan fingerprint density at radius 3 is 2.50 bits per heavy atom. The molecule has 2 aromatic carbocycles. The van der Waals surface area contributed by atoms with Gasteiger partial charge in [0.25, 0.3) is 0 Å². The first kappa shape index (κ1) is 20.3. The fourth-order valence-corrected chi connectivity index (χ4v) is 3.89.